The molecule has 0 aliphatic rings. The number of primary amides is 1. The average Bonchev–Trinajstić information content (AvgIpc) is 2.67. The minimum absolute atomic E-state index is 0.291. The van der Waals surface area contributed by atoms with E-state index in [0.717, 1.165) is 16.9 Å². The van der Waals surface area contributed by atoms with Gasteiger partial charge in [0, 0.05) is 20.0 Å². The van der Waals surface area contributed by atoms with Crippen molar-refractivity contribution in [1.82, 2.24) is 19.7 Å². The molecule has 3 N–H and O–H groups in total. The molecule has 17 heavy (non-hydrogen) atoms. The highest BCUT2D eigenvalue weighted by Gasteiger charge is 2.06. The van der Waals surface area contributed by atoms with Crippen molar-refractivity contribution in [2.45, 2.75) is 12.8 Å². The third-order valence-electron chi connectivity index (χ3n) is 2.42. The van der Waals surface area contributed by atoms with Crippen LogP contribution in [0.3, 0.4) is 0 Å². The number of aromatic nitrogens is 4. The van der Waals surface area contributed by atoms with E-state index in [0.29, 0.717) is 19.4 Å². The van der Waals surface area contributed by atoms with Crippen LogP contribution in [0.25, 0.3) is 11.0 Å². The van der Waals surface area contributed by atoms with Gasteiger partial charge in [0.2, 0.25) is 5.91 Å². The van der Waals surface area contributed by atoms with Crippen LogP contribution in [0, 0.1) is 0 Å². The number of fused-ring (bicyclic) bond motifs is 1. The van der Waals surface area contributed by atoms with Gasteiger partial charge in [-0.15, -0.1) is 0 Å². The molecule has 2 aromatic heterocycles. The summed E-state index contributed by atoms with van der Waals surface area (Å²) in [6.07, 6.45) is 4.25. The van der Waals surface area contributed by atoms with Gasteiger partial charge in [-0.05, 0) is 6.42 Å². The highest BCUT2D eigenvalue weighted by molar-refractivity contribution is 5.85. The van der Waals surface area contributed by atoms with Crippen molar-refractivity contribution >= 4 is 22.8 Å². The first-order valence-electron chi connectivity index (χ1n) is 5.33. The molecule has 0 saturated carbocycles. The summed E-state index contributed by atoms with van der Waals surface area (Å²) in [7, 11) is 1.83. The molecule has 7 heteroatoms. The maximum atomic E-state index is 10.6. The first kappa shape index (κ1) is 11.3. The molecule has 1 amide bonds. The molecule has 90 valence electrons. The van der Waals surface area contributed by atoms with Gasteiger partial charge in [-0.25, -0.2) is 9.97 Å². The van der Waals surface area contributed by atoms with Crippen LogP contribution in [0.2, 0.25) is 0 Å². The highest BCUT2D eigenvalue weighted by atomic mass is 16.1. The molecule has 0 aliphatic heterocycles. The number of carbonyl (C=O) groups is 1. The second-order valence-corrected chi connectivity index (χ2v) is 3.72. The van der Waals surface area contributed by atoms with Crippen LogP contribution < -0.4 is 11.1 Å². The summed E-state index contributed by atoms with van der Waals surface area (Å²) in [5.41, 5.74) is 5.84. The molecule has 0 fully saturated rings. The molecule has 0 aliphatic carbocycles. The predicted molar refractivity (Wildman–Crippen MR) is 63.2 cm³/mol. The third kappa shape index (κ3) is 2.49. The van der Waals surface area contributed by atoms with Crippen LogP contribution in [-0.4, -0.2) is 32.2 Å². The maximum Gasteiger partial charge on any atom is 0.217 e. The molecule has 0 aromatic carbocycles. The van der Waals surface area contributed by atoms with Gasteiger partial charge >= 0.3 is 0 Å². The Morgan fingerprint density at radius 1 is 1.53 bits per heavy atom. The van der Waals surface area contributed by atoms with Gasteiger partial charge < -0.3 is 11.1 Å². The fourth-order valence-corrected chi connectivity index (χ4v) is 1.57. The van der Waals surface area contributed by atoms with Crippen molar-refractivity contribution in [2.24, 2.45) is 12.8 Å². The van der Waals surface area contributed by atoms with Crippen LogP contribution in [0.15, 0.2) is 12.5 Å². The van der Waals surface area contributed by atoms with Gasteiger partial charge in [0.05, 0.1) is 11.6 Å². The Morgan fingerprint density at radius 2 is 2.35 bits per heavy atom. The summed E-state index contributed by atoms with van der Waals surface area (Å²) in [4.78, 5) is 18.9. The van der Waals surface area contributed by atoms with Crippen molar-refractivity contribution in [3.05, 3.63) is 12.5 Å². The van der Waals surface area contributed by atoms with Crippen molar-refractivity contribution in [1.29, 1.82) is 0 Å². The maximum absolute atomic E-state index is 10.6. The normalized spacial score (nSPS) is 10.6. The standard InChI is InChI=1S/C10H14N6O/c1-16-10-7(5-15-16)9(13-6-14-10)12-4-2-3-8(11)17/h5-6H,2-4H2,1H3,(H2,11,17)(H,12,13,14). The average molecular weight is 234 g/mol. The van der Waals surface area contributed by atoms with Crippen LogP contribution in [0.5, 0.6) is 0 Å². The van der Waals surface area contributed by atoms with Gasteiger partial charge in [-0.3, -0.25) is 9.48 Å². The molecule has 2 rings (SSSR count). The first-order chi connectivity index (χ1) is 8.18. The minimum atomic E-state index is -0.291. The number of aryl methyl sites for hydroxylation is 1. The molecular weight excluding hydrogens is 220 g/mol. The van der Waals surface area contributed by atoms with Gasteiger partial charge in [-0.1, -0.05) is 0 Å². The Kier molecular flexibility index (Phi) is 3.17. The highest BCUT2D eigenvalue weighted by Crippen LogP contribution is 2.17. The number of rotatable bonds is 5. The van der Waals surface area contributed by atoms with Crippen molar-refractivity contribution in [3.8, 4) is 0 Å². The summed E-state index contributed by atoms with van der Waals surface area (Å²) in [6.45, 7) is 0.643. The lowest BCUT2D eigenvalue weighted by molar-refractivity contribution is -0.118. The van der Waals surface area contributed by atoms with E-state index in [1.54, 1.807) is 10.9 Å². The van der Waals surface area contributed by atoms with Gasteiger partial charge in [0.1, 0.15) is 12.1 Å². The summed E-state index contributed by atoms with van der Waals surface area (Å²) in [6, 6.07) is 0. The lowest BCUT2D eigenvalue weighted by Gasteiger charge is -2.04. The van der Waals surface area contributed by atoms with E-state index in [2.05, 4.69) is 20.4 Å². The third-order valence-corrected chi connectivity index (χ3v) is 2.42. The zero-order chi connectivity index (χ0) is 12.3. The summed E-state index contributed by atoms with van der Waals surface area (Å²) < 4.78 is 1.69. The zero-order valence-corrected chi connectivity index (χ0v) is 9.55. The SMILES string of the molecule is Cn1ncc2c(NCCCC(N)=O)ncnc21. The number of anilines is 1. The van der Waals surface area contributed by atoms with Gasteiger partial charge in [-0.2, -0.15) is 5.10 Å². The number of nitrogens with one attached hydrogen (secondary N) is 1. The van der Waals surface area contributed by atoms with E-state index in [9.17, 15) is 4.79 Å². The Morgan fingerprint density at radius 3 is 3.12 bits per heavy atom. The summed E-state index contributed by atoms with van der Waals surface area (Å²) in [5, 5.41) is 8.13. The fraction of sp³-hybridized carbons (Fsp3) is 0.400. The molecule has 0 spiro atoms. The van der Waals surface area contributed by atoms with Crippen LogP contribution in [-0.2, 0) is 11.8 Å². The Labute approximate surface area is 98.0 Å². The number of nitrogens with two attached hydrogens (primary N) is 1. The smallest absolute Gasteiger partial charge is 0.217 e. The summed E-state index contributed by atoms with van der Waals surface area (Å²) in [5.74, 6) is 0.439. The van der Waals surface area contributed by atoms with E-state index in [-0.39, 0.29) is 5.91 Å². The quantitative estimate of drug-likeness (QED) is 0.712. The van der Waals surface area contributed by atoms with Crippen molar-refractivity contribution in [3.63, 3.8) is 0 Å². The largest absolute Gasteiger partial charge is 0.370 e. The van der Waals surface area contributed by atoms with E-state index < -0.39 is 0 Å². The first-order valence-corrected chi connectivity index (χ1v) is 5.33. The molecule has 0 saturated heterocycles. The van der Waals surface area contributed by atoms with E-state index in [4.69, 9.17) is 5.73 Å². The number of carbonyl (C=O) groups excluding carboxylic acids is 1. The molecular formula is C10H14N6O. The Bertz CT molecular complexity index is 535. The topological polar surface area (TPSA) is 98.7 Å². The number of amides is 1. The second-order valence-electron chi connectivity index (χ2n) is 3.72. The number of hydrogen-bond acceptors (Lipinski definition) is 5. The summed E-state index contributed by atoms with van der Waals surface area (Å²) >= 11 is 0. The minimum Gasteiger partial charge on any atom is -0.370 e. The molecule has 0 atom stereocenters. The lowest BCUT2D eigenvalue weighted by Crippen LogP contribution is -2.13. The van der Waals surface area contributed by atoms with Crippen molar-refractivity contribution in [2.75, 3.05) is 11.9 Å². The predicted octanol–water partition coefficient (Wildman–Crippen LogP) is 0.0407. The van der Waals surface area contributed by atoms with Gasteiger partial charge in [0.15, 0.2) is 5.65 Å². The van der Waals surface area contributed by atoms with Crippen molar-refractivity contribution < 1.29 is 4.79 Å². The fourth-order valence-electron chi connectivity index (χ4n) is 1.57. The van der Waals surface area contributed by atoms with Crippen LogP contribution >= 0.6 is 0 Å². The zero-order valence-electron chi connectivity index (χ0n) is 9.55. The molecule has 0 radical (unpaired) electrons. The molecule has 2 heterocycles. The molecule has 2 aromatic rings. The lowest BCUT2D eigenvalue weighted by atomic mass is 10.3. The monoisotopic (exact) mass is 234 g/mol. The number of nitrogens with zero attached hydrogens (tertiary/aromatic N) is 4. The van der Waals surface area contributed by atoms with E-state index in [1.807, 2.05) is 7.05 Å². The van der Waals surface area contributed by atoms with Crippen LogP contribution in [0.4, 0.5) is 5.82 Å². The Hall–Kier alpha value is -2.18. The second kappa shape index (κ2) is 4.77. The molecule has 7 nitrogen and oxygen atoms in total. The van der Waals surface area contributed by atoms with Gasteiger partial charge in [0.25, 0.3) is 0 Å². The van der Waals surface area contributed by atoms with E-state index >= 15 is 0 Å². The van der Waals surface area contributed by atoms with E-state index in [1.165, 1.54) is 6.33 Å². The van der Waals surface area contributed by atoms with Crippen LogP contribution in [0.1, 0.15) is 12.8 Å². The molecule has 0 unspecified atom stereocenters. The Balaban J connectivity index is 2.06. The number of hydrogen-bond donors (Lipinski definition) is 2. The molecule has 0 bridgehead atoms.